The number of aromatic amines is 1. The Labute approximate surface area is 215 Å². The molecule has 0 aliphatic carbocycles. The molecule has 6 nitrogen and oxygen atoms in total. The van der Waals surface area contributed by atoms with E-state index in [0.717, 1.165) is 32.9 Å². The third-order valence-electron chi connectivity index (χ3n) is 6.72. The number of aliphatic hydroxyl groups is 1. The van der Waals surface area contributed by atoms with E-state index in [2.05, 4.69) is 16.4 Å². The fraction of sp³-hybridized carbons (Fsp3) is 0.194. The van der Waals surface area contributed by atoms with Crippen molar-refractivity contribution in [3.8, 4) is 11.3 Å². The summed E-state index contributed by atoms with van der Waals surface area (Å²) in [4.78, 5) is 33.1. The smallest absolute Gasteiger partial charge is 0.221 e. The van der Waals surface area contributed by atoms with Crippen molar-refractivity contribution >= 4 is 39.2 Å². The van der Waals surface area contributed by atoms with Crippen molar-refractivity contribution in [2.24, 2.45) is 5.92 Å². The molecule has 3 N–H and O–H groups in total. The summed E-state index contributed by atoms with van der Waals surface area (Å²) < 4.78 is 0. The zero-order valence-electron chi connectivity index (χ0n) is 20.7. The first-order chi connectivity index (χ1) is 18.0. The molecular weight excluding hydrogens is 462 g/mol. The van der Waals surface area contributed by atoms with E-state index in [0.29, 0.717) is 36.2 Å². The molecule has 0 aliphatic heterocycles. The number of aromatic nitrogens is 2. The second-order valence-corrected chi connectivity index (χ2v) is 9.41. The third kappa shape index (κ3) is 5.44. The topological polar surface area (TPSA) is 95.1 Å². The molecule has 2 aromatic heterocycles. The van der Waals surface area contributed by atoms with Crippen molar-refractivity contribution in [1.82, 2.24) is 9.97 Å². The van der Waals surface area contributed by atoms with Crippen molar-refractivity contribution < 1.29 is 14.7 Å². The lowest BCUT2D eigenvalue weighted by atomic mass is 9.92. The number of pyridine rings is 1. The number of nitrogens with zero attached hydrogens (tertiary/aromatic N) is 1. The van der Waals surface area contributed by atoms with Crippen molar-refractivity contribution in [2.45, 2.75) is 26.2 Å². The molecular formula is C31H29N3O3. The van der Waals surface area contributed by atoms with Gasteiger partial charge in [-0.1, -0.05) is 48.5 Å². The molecule has 6 heteroatoms. The molecule has 1 atom stereocenters. The van der Waals surface area contributed by atoms with E-state index in [4.69, 9.17) is 4.98 Å². The van der Waals surface area contributed by atoms with E-state index in [-0.39, 0.29) is 24.2 Å². The van der Waals surface area contributed by atoms with Gasteiger partial charge in [-0.05, 0) is 54.7 Å². The van der Waals surface area contributed by atoms with Gasteiger partial charge in [-0.2, -0.15) is 0 Å². The summed E-state index contributed by atoms with van der Waals surface area (Å²) in [6.07, 6.45) is 3.60. The van der Waals surface area contributed by atoms with Crippen LogP contribution in [0.3, 0.4) is 0 Å². The number of aliphatic hydroxyl groups excluding tert-OH is 1. The largest absolute Gasteiger partial charge is 0.396 e. The highest BCUT2D eigenvalue weighted by Gasteiger charge is 2.18. The maximum absolute atomic E-state index is 13.5. The van der Waals surface area contributed by atoms with Crippen molar-refractivity contribution in [2.75, 3.05) is 11.9 Å². The van der Waals surface area contributed by atoms with Crippen LogP contribution < -0.4 is 5.32 Å². The molecule has 0 aliphatic rings. The predicted octanol–water partition coefficient (Wildman–Crippen LogP) is 6.16. The van der Waals surface area contributed by atoms with E-state index in [9.17, 15) is 14.7 Å². The molecule has 3 aromatic carbocycles. The Morgan fingerprint density at radius 3 is 2.57 bits per heavy atom. The Bertz CT molecular complexity index is 1590. The highest BCUT2D eigenvalue weighted by atomic mass is 16.3. The lowest BCUT2D eigenvalue weighted by Gasteiger charge is -2.14. The van der Waals surface area contributed by atoms with Crippen LogP contribution in [-0.2, 0) is 11.2 Å². The van der Waals surface area contributed by atoms with E-state index < -0.39 is 0 Å². The van der Waals surface area contributed by atoms with Gasteiger partial charge in [0.15, 0.2) is 5.78 Å². The Hall–Kier alpha value is -4.29. The van der Waals surface area contributed by atoms with Gasteiger partial charge >= 0.3 is 0 Å². The second-order valence-electron chi connectivity index (χ2n) is 9.41. The molecule has 1 amide bonds. The first-order valence-corrected chi connectivity index (χ1v) is 12.5. The molecule has 0 saturated carbocycles. The summed E-state index contributed by atoms with van der Waals surface area (Å²) in [7, 11) is 0. The number of hydrogen-bond acceptors (Lipinski definition) is 4. The van der Waals surface area contributed by atoms with Gasteiger partial charge in [-0.3, -0.25) is 9.59 Å². The number of para-hydroxylation sites is 2. The highest BCUT2D eigenvalue weighted by molar-refractivity contribution is 6.08. The third-order valence-corrected chi connectivity index (χ3v) is 6.72. The van der Waals surface area contributed by atoms with E-state index in [1.54, 1.807) is 0 Å². The first-order valence-electron chi connectivity index (χ1n) is 12.5. The van der Waals surface area contributed by atoms with Gasteiger partial charge in [0.05, 0.1) is 11.2 Å². The molecule has 0 saturated heterocycles. The van der Waals surface area contributed by atoms with Gasteiger partial charge in [0.1, 0.15) is 0 Å². The predicted molar refractivity (Wildman–Crippen MR) is 148 cm³/mol. The van der Waals surface area contributed by atoms with Crippen molar-refractivity contribution in [1.29, 1.82) is 0 Å². The van der Waals surface area contributed by atoms with Gasteiger partial charge in [0.25, 0.3) is 0 Å². The number of Topliss-reactive ketones (excluding diaryl/α,β-unsaturated/α-hetero) is 1. The number of amides is 1. The second kappa shape index (κ2) is 10.8. The minimum Gasteiger partial charge on any atom is -0.396 e. The molecule has 0 fully saturated rings. The summed E-state index contributed by atoms with van der Waals surface area (Å²) >= 11 is 0. The van der Waals surface area contributed by atoms with Crippen molar-refractivity contribution in [3.05, 3.63) is 96.2 Å². The van der Waals surface area contributed by atoms with Gasteiger partial charge in [-0.25, -0.2) is 4.98 Å². The van der Waals surface area contributed by atoms with Crippen LogP contribution in [0.2, 0.25) is 0 Å². The average molecular weight is 492 g/mol. The van der Waals surface area contributed by atoms with Crippen LogP contribution in [0.4, 0.5) is 5.69 Å². The van der Waals surface area contributed by atoms with Crippen LogP contribution in [0.1, 0.15) is 35.7 Å². The molecule has 0 spiro atoms. The van der Waals surface area contributed by atoms with Crippen LogP contribution in [0, 0.1) is 5.92 Å². The molecule has 186 valence electrons. The standard InChI is InChI=1S/C31H29N3O3/c1-20(36)33-24-8-6-7-22(16-24)30-17-27(26-10-3-5-12-29(26)34-30)31(37)14-13-21(19-35)15-23-18-32-28-11-4-2-9-25(23)28/h2-12,16-18,21,32,35H,13-15,19H2,1H3,(H,33,36)/t21-/m1/s1. The lowest BCUT2D eigenvalue weighted by Crippen LogP contribution is -2.12. The maximum atomic E-state index is 13.5. The van der Waals surface area contributed by atoms with Crippen LogP contribution in [0.25, 0.3) is 33.1 Å². The van der Waals surface area contributed by atoms with Crippen LogP contribution >= 0.6 is 0 Å². The molecule has 2 heterocycles. The van der Waals surface area contributed by atoms with E-state index >= 15 is 0 Å². The van der Waals surface area contributed by atoms with Crippen LogP contribution in [-0.4, -0.2) is 33.4 Å². The summed E-state index contributed by atoms with van der Waals surface area (Å²) in [5.74, 6) is -0.147. The van der Waals surface area contributed by atoms with Crippen molar-refractivity contribution in [3.63, 3.8) is 0 Å². The molecule has 5 aromatic rings. The number of hydrogen-bond donors (Lipinski definition) is 3. The molecule has 37 heavy (non-hydrogen) atoms. The Balaban J connectivity index is 1.39. The fourth-order valence-corrected chi connectivity index (χ4v) is 4.85. The van der Waals surface area contributed by atoms with Crippen LogP contribution in [0.15, 0.2) is 85.1 Å². The summed E-state index contributed by atoms with van der Waals surface area (Å²) in [6.45, 7) is 1.49. The monoisotopic (exact) mass is 491 g/mol. The zero-order chi connectivity index (χ0) is 25.8. The normalized spacial score (nSPS) is 12.1. The van der Waals surface area contributed by atoms with Gasteiger partial charge in [-0.15, -0.1) is 0 Å². The number of carbonyl (C=O) groups excluding carboxylic acids is 2. The van der Waals surface area contributed by atoms with E-state index in [1.807, 2.05) is 79.0 Å². The minimum atomic E-state index is -0.148. The number of fused-ring (bicyclic) bond motifs is 2. The number of nitrogens with one attached hydrogen (secondary N) is 2. The quantitative estimate of drug-likeness (QED) is 0.215. The van der Waals surface area contributed by atoms with Crippen LogP contribution in [0.5, 0.6) is 0 Å². The molecule has 0 unspecified atom stereocenters. The first kappa shape index (κ1) is 24.4. The number of ketones is 1. The number of H-pyrrole nitrogens is 1. The highest BCUT2D eigenvalue weighted by Crippen LogP contribution is 2.29. The molecule has 0 bridgehead atoms. The Morgan fingerprint density at radius 2 is 1.76 bits per heavy atom. The molecule has 5 rings (SSSR count). The average Bonchev–Trinajstić information content (AvgIpc) is 3.32. The van der Waals surface area contributed by atoms with Gasteiger partial charge in [0, 0.05) is 59.3 Å². The van der Waals surface area contributed by atoms with Gasteiger partial charge in [0.2, 0.25) is 5.91 Å². The Kier molecular flexibility index (Phi) is 7.10. The van der Waals surface area contributed by atoms with E-state index in [1.165, 1.54) is 6.92 Å². The maximum Gasteiger partial charge on any atom is 0.221 e. The Morgan fingerprint density at radius 1 is 0.973 bits per heavy atom. The number of carbonyl (C=O) groups is 2. The summed E-state index contributed by atoms with van der Waals surface area (Å²) in [6, 6.07) is 25.0. The minimum absolute atomic E-state index is 0.0189. The number of anilines is 1. The SMILES string of the molecule is CC(=O)Nc1cccc(-c2cc(C(=O)CC[C@@H](CO)Cc3c[nH]c4ccccc34)c3ccccc3n2)c1. The summed E-state index contributed by atoms with van der Waals surface area (Å²) in [5.41, 5.74) is 5.75. The molecule has 0 radical (unpaired) electrons. The lowest BCUT2D eigenvalue weighted by molar-refractivity contribution is -0.114. The zero-order valence-corrected chi connectivity index (χ0v) is 20.7. The van der Waals surface area contributed by atoms with Gasteiger partial charge < -0.3 is 15.4 Å². The number of rotatable bonds is 9. The number of benzene rings is 3. The summed E-state index contributed by atoms with van der Waals surface area (Å²) in [5, 5.41) is 14.8. The fourth-order valence-electron chi connectivity index (χ4n) is 4.85.